The number of rotatable bonds is 2. The van der Waals surface area contributed by atoms with Crippen LogP contribution in [0.25, 0.3) is 33.0 Å². The van der Waals surface area contributed by atoms with Crippen molar-refractivity contribution in [2.75, 3.05) is 0 Å². The molecule has 162 valence electrons. The summed E-state index contributed by atoms with van der Waals surface area (Å²) in [5, 5.41) is 2.68. The Balaban J connectivity index is 1.76. The van der Waals surface area contributed by atoms with Crippen molar-refractivity contribution in [2.45, 2.75) is 52.4 Å². The Morgan fingerprint density at radius 1 is 0.636 bits per heavy atom. The Morgan fingerprint density at radius 2 is 1.30 bits per heavy atom. The third-order valence-electron chi connectivity index (χ3n) is 8.75. The second-order valence-electron chi connectivity index (χ2n) is 11.3. The van der Waals surface area contributed by atoms with E-state index >= 15 is 0 Å². The van der Waals surface area contributed by atoms with Gasteiger partial charge in [-0.2, -0.15) is 0 Å². The van der Waals surface area contributed by atoms with Crippen LogP contribution in [0.15, 0.2) is 66.7 Å². The fourth-order valence-electron chi connectivity index (χ4n) is 7.31. The Kier molecular flexibility index (Phi) is 4.18. The monoisotopic (exact) mass is 426 g/mol. The molecule has 6 rings (SSSR count). The summed E-state index contributed by atoms with van der Waals surface area (Å²) in [6, 6.07) is 25.1. The molecule has 2 aliphatic carbocycles. The second-order valence-corrected chi connectivity index (χ2v) is 11.3. The van der Waals surface area contributed by atoms with E-state index in [1.54, 1.807) is 0 Å². The van der Waals surface area contributed by atoms with Crippen LogP contribution in [0.3, 0.4) is 0 Å². The van der Waals surface area contributed by atoms with Gasteiger partial charge in [-0.1, -0.05) is 102 Å². The Bertz CT molecular complexity index is 1440. The third-order valence-corrected chi connectivity index (χ3v) is 8.75. The molecule has 0 saturated heterocycles. The molecule has 2 radical (unpaired) electrons. The molecule has 0 saturated carbocycles. The fraction of sp³-hybridized carbons (Fsp3) is 0.312. The summed E-state index contributed by atoms with van der Waals surface area (Å²) in [5.41, 5.74) is 12.1. The molecule has 4 aromatic rings. The van der Waals surface area contributed by atoms with Gasteiger partial charge < -0.3 is 0 Å². The summed E-state index contributed by atoms with van der Waals surface area (Å²) in [7, 11) is 6.35. The smallest absolute Gasteiger partial charge is 0.0963 e. The lowest BCUT2D eigenvalue weighted by molar-refractivity contribution is 0.280. The highest BCUT2D eigenvalue weighted by Gasteiger charge is 2.49. The van der Waals surface area contributed by atoms with Crippen molar-refractivity contribution in [3.63, 3.8) is 0 Å². The molecule has 0 atom stereocenters. The van der Waals surface area contributed by atoms with E-state index in [9.17, 15) is 0 Å². The standard InChI is InChI=1S/C32H31B/c1-18(2)32(19(3)4)28-15-21(33)12-13-23(28)24-16-27-25(17-29(24)32)30-22-10-8-7-9-20(22)11-14-26(30)31(27,5)6/h7-19H,1-6H3. The molecule has 0 unspecified atom stereocenters. The molecule has 0 heterocycles. The minimum atomic E-state index is -0.0491. The summed E-state index contributed by atoms with van der Waals surface area (Å²) in [4.78, 5) is 0. The first-order valence-electron chi connectivity index (χ1n) is 12.3. The number of benzene rings is 4. The average Bonchev–Trinajstić information content (AvgIpc) is 3.18. The molecule has 0 aliphatic heterocycles. The number of hydrogen-bond donors (Lipinski definition) is 0. The zero-order valence-electron chi connectivity index (χ0n) is 20.6. The van der Waals surface area contributed by atoms with Gasteiger partial charge in [-0.15, -0.1) is 0 Å². The molecule has 0 bridgehead atoms. The largest absolute Gasteiger partial charge is 0.113 e. The van der Waals surface area contributed by atoms with Crippen LogP contribution in [0.4, 0.5) is 0 Å². The first kappa shape index (κ1) is 20.8. The molecular weight excluding hydrogens is 395 g/mol. The van der Waals surface area contributed by atoms with E-state index in [0.717, 1.165) is 5.46 Å². The quantitative estimate of drug-likeness (QED) is 0.291. The molecule has 0 nitrogen and oxygen atoms in total. The Morgan fingerprint density at radius 3 is 2.03 bits per heavy atom. The molecule has 2 aliphatic rings. The molecule has 0 aromatic heterocycles. The van der Waals surface area contributed by atoms with Gasteiger partial charge in [0.2, 0.25) is 0 Å². The van der Waals surface area contributed by atoms with Gasteiger partial charge in [-0.05, 0) is 79.2 Å². The maximum Gasteiger partial charge on any atom is 0.113 e. The van der Waals surface area contributed by atoms with E-state index in [4.69, 9.17) is 7.85 Å². The Labute approximate surface area is 199 Å². The molecule has 33 heavy (non-hydrogen) atoms. The number of fused-ring (bicyclic) bond motifs is 8. The lowest BCUT2D eigenvalue weighted by Gasteiger charge is -2.40. The summed E-state index contributed by atoms with van der Waals surface area (Å²) in [5.74, 6) is 0.914. The minimum absolute atomic E-state index is 0.0292. The maximum atomic E-state index is 6.35. The first-order chi connectivity index (χ1) is 15.7. The van der Waals surface area contributed by atoms with E-state index < -0.39 is 0 Å². The van der Waals surface area contributed by atoms with E-state index in [1.165, 1.54) is 55.3 Å². The SMILES string of the molecule is [B]c1ccc2c(c1)C(C(C)C)(C(C)C)c1cc3c(cc1-2)C(C)(C)c1ccc2ccccc2c1-3. The molecule has 0 spiro atoms. The van der Waals surface area contributed by atoms with Crippen molar-refractivity contribution in [2.24, 2.45) is 11.8 Å². The van der Waals surface area contributed by atoms with Gasteiger partial charge in [0.05, 0.1) is 0 Å². The van der Waals surface area contributed by atoms with Gasteiger partial charge in [0.25, 0.3) is 0 Å². The first-order valence-corrected chi connectivity index (χ1v) is 12.3. The fourth-order valence-corrected chi connectivity index (χ4v) is 7.31. The molecule has 1 heteroatoms. The van der Waals surface area contributed by atoms with Crippen LogP contribution < -0.4 is 5.46 Å². The van der Waals surface area contributed by atoms with E-state index in [2.05, 4.69) is 108 Å². The van der Waals surface area contributed by atoms with Gasteiger partial charge in [0, 0.05) is 10.8 Å². The van der Waals surface area contributed by atoms with Crippen LogP contribution in [-0.4, -0.2) is 7.85 Å². The van der Waals surface area contributed by atoms with E-state index in [1.807, 2.05) is 0 Å². The van der Waals surface area contributed by atoms with Gasteiger partial charge >= 0.3 is 0 Å². The molecule has 0 amide bonds. The zero-order valence-corrected chi connectivity index (χ0v) is 20.6. The lowest BCUT2D eigenvalue weighted by Crippen LogP contribution is -2.38. The molecule has 4 aromatic carbocycles. The normalized spacial score (nSPS) is 16.7. The summed E-state index contributed by atoms with van der Waals surface area (Å²) >= 11 is 0. The van der Waals surface area contributed by atoms with E-state index in [-0.39, 0.29) is 10.8 Å². The topological polar surface area (TPSA) is 0 Å². The average molecular weight is 426 g/mol. The summed E-state index contributed by atoms with van der Waals surface area (Å²) in [6.45, 7) is 14.3. The van der Waals surface area contributed by atoms with Gasteiger partial charge in [0.15, 0.2) is 0 Å². The lowest BCUT2D eigenvalue weighted by atomic mass is 9.62. The van der Waals surface area contributed by atoms with Crippen molar-refractivity contribution in [3.8, 4) is 22.3 Å². The molecule has 0 fully saturated rings. The predicted octanol–water partition coefficient (Wildman–Crippen LogP) is 7.52. The number of hydrogen-bond acceptors (Lipinski definition) is 0. The highest BCUT2D eigenvalue weighted by molar-refractivity contribution is 6.32. The zero-order chi connectivity index (χ0) is 23.3. The molecular formula is C32H31B. The van der Waals surface area contributed by atoms with Crippen LogP contribution in [0, 0.1) is 11.8 Å². The summed E-state index contributed by atoms with van der Waals surface area (Å²) in [6.07, 6.45) is 0. The molecule has 0 N–H and O–H groups in total. The van der Waals surface area contributed by atoms with Crippen LogP contribution in [-0.2, 0) is 10.8 Å². The predicted molar refractivity (Wildman–Crippen MR) is 143 cm³/mol. The van der Waals surface area contributed by atoms with Crippen molar-refractivity contribution >= 4 is 24.1 Å². The second kappa shape index (κ2) is 6.63. The third kappa shape index (κ3) is 2.44. The van der Waals surface area contributed by atoms with E-state index in [0.29, 0.717) is 11.8 Å². The summed E-state index contributed by atoms with van der Waals surface area (Å²) < 4.78 is 0. The van der Waals surface area contributed by atoms with Crippen molar-refractivity contribution in [1.29, 1.82) is 0 Å². The van der Waals surface area contributed by atoms with Crippen molar-refractivity contribution in [1.82, 2.24) is 0 Å². The maximum absolute atomic E-state index is 6.35. The van der Waals surface area contributed by atoms with Crippen LogP contribution in [0.5, 0.6) is 0 Å². The van der Waals surface area contributed by atoms with Crippen molar-refractivity contribution < 1.29 is 0 Å². The minimum Gasteiger partial charge on any atom is -0.0963 e. The van der Waals surface area contributed by atoms with Gasteiger partial charge in [-0.25, -0.2) is 0 Å². The van der Waals surface area contributed by atoms with Gasteiger partial charge in [-0.3, -0.25) is 0 Å². The Hall–Kier alpha value is -2.80. The van der Waals surface area contributed by atoms with Crippen LogP contribution in [0.2, 0.25) is 0 Å². The highest BCUT2D eigenvalue weighted by atomic mass is 14.5. The van der Waals surface area contributed by atoms with Gasteiger partial charge in [0.1, 0.15) is 7.85 Å². The highest BCUT2D eigenvalue weighted by Crippen LogP contribution is 2.60. The van der Waals surface area contributed by atoms with Crippen molar-refractivity contribution in [3.05, 3.63) is 89.0 Å². The van der Waals surface area contributed by atoms with Crippen LogP contribution >= 0.6 is 0 Å². The van der Waals surface area contributed by atoms with Crippen LogP contribution in [0.1, 0.15) is 63.8 Å².